The minimum Gasteiger partial charge on any atom is -0.467 e. The first-order chi connectivity index (χ1) is 18.3. The quantitative estimate of drug-likeness (QED) is 0.131. The molecule has 0 aromatic heterocycles. The molecular weight excluding hydrogens is 500 g/mol. The molecule has 0 aliphatic carbocycles. The maximum atomic E-state index is 12.6. The molecule has 0 saturated carbocycles. The van der Waals surface area contributed by atoms with Crippen LogP contribution in [0.4, 0.5) is 9.59 Å². The molecule has 9 heteroatoms. The van der Waals surface area contributed by atoms with Crippen LogP contribution in [0.1, 0.15) is 59.1 Å². The number of carbonyl (C=O) groups excluding carboxylic acids is 3. The Morgan fingerprint density at radius 2 is 1.33 bits per heavy atom. The zero-order chi connectivity index (χ0) is 29.1. The first-order valence-electron chi connectivity index (χ1n) is 12.6. The number of rotatable bonds is 8. The summed E-state index contributed by atoms with van der Waals surface area (Å²) in [5, 5.41) is 0.756. The van der Waals surface area contributed by atoms with E-state index in [1.54, 1.807) is 53.7 Å². The Morgan fingerprint density at radius 1 is 0.821 bits per heavy atom. The average molecular weight is 539 g/mol. The second-order valence-electron chi connectivity index (χ2n) is 10.6. The molecule has 0 bridgehead atoms. The number of hydroxylamine groups is 2. The molecule has 9 nitrogen and oxygen atoms in total. The Balaban J connectivity index is 2.26. The van der Waals surface area contributed by atoms with Gasteiger partial charge in [-0.15, -0.1) is 5.06 Å². The van der Waals surface area contributed by atoms with Crippen LogP contribution in [0.3, 0.4) is 0 Å². The number of hydrogen-bond donors (Lipinski definition) is 0. The summed E-state index contributed by atoms with van der Waals surface area (Å²) in [7, 11) is 1.30. The van der Waals surface area contributed by atoms with Crippen molar-refractivity contribution in [1.82, 2.24) is 5.06 Å². The Hall–Kier alpha value is -4.14. The fourth-order valence-corrected chi connectivity index (χ4v) is 3.22. The van der Waals surface area contributed by atoms with Crippen molar-refractivity contribution in [2.75, 3.05) is 13.7 Å². The van der Waals surface area contributed by atoms with Gasteiger partial charge in [0.2, 0.25) is 0 Å². The molecule has 210 valence electrons. The molecule has 1 atom stereocenters. The van der Waals surface area contributed by atoms with Gasteiger partial charge in [0.25, 0.3) is 0 Å². The Kier molecular flexibility index (Phi) is 11.3. The number of aliphatic imine (C=N–C) groups is 1. The van der Waals surface area contributed by atoms with Crippen LogP contribution in [-0.4, -0.2) is 59.9 Å². The van der Waals surface area contributed by atoms with E-state index in [1.807, 2.05) is 60.7 Å². The van der Waals surface area contributed by atoms with Crippen LogP contribution in [0.25, 0.3) is 0 Å². The zero-order valence-electron chi connectivity index (χ0n) is 23.7. The van der Waals surface area contributed by atoms with E-state index in [2.05, 4.69) is 0 Å². The predicted octanol–water partition coefficient (Wildman–Crippen LogP) is 6.12. The standard InChI is InChI=1S/C30H38N2O7/c1-29(2,3)37-27(34)32(39-28(35)38-30(4,5)6)21-15-14-20-24(26(33)36-7)31-25(22-16-10-8-11-17-22)23-18-12-9-13-19-23/h8-19,24H,20-21H2,1-7H3/b15-14+. The van der Waals surface area contributed by atoms with Crippen LogP contribution < -0.4 is 0 Å². The minimum absolute atomic E-state index is 0.143. The molecule has 1 unspecified atom stereocenters. The maximum absolute atomic E-state index is 12.6. The number of nitrogens with zero attached hydrogens (tertiary/aromatic N) is 2. The number of amides is 1. The van der Waals surface area contributed by atoms with Crippen LogP contribution in [0, 0.1) is 0 Å². The molecule has 0 fully saturated rings. The van der Waals surface area contributed by atoms with Crippen molar-refractivity contribution in [3.8, 4) is 0 Å². The lowest BCUT2D eigenvalue weighted by Crippen LogP contribution is -2.39. The maximum Gasteiger partial charge on any atom is 0.534 e. The van der Waals surface area contributed by atoms with Gasteiger partial charge in [0.15, 0.2) is 6.04 Å². The van der Waals surface area contributed by atoms with Gasteiger partial charge in [-0.25, -0.2) is 14.4 Å². The van der Waals surface area contributed by atoms with Gasteiger partial charge in [-0.3, -0.25) is 9.83 Å². The molecule has 0 saturated heterocycles. The highest BCUT2D eigenvalue weighted by atomic mass is 16.8. The molecule has 0 N–H and O–H groups in total. The largest absolute Gasteiger partial charge is 0.534 e. The van der Waals surface area contributed by atoms with E-state index in [0.717, 1.165) is 16.2 Å². The molecule has 2 aromatic rings. The topological polar surface area (TPSA) is 104 Å². The number of ether oxygens (including phenoxy) is 3. The molecule has 1 amide bonds. The van der Waals surface area contributed by atoms with Crippen LogP contribution in [0.2, 0.25) is 0 Å². The fraction of sp³-hybridized carbons (Fsp3) is 0.400. The SMILES string of the molecule is COC(=O)C(C/C=C/CN(OC(=O)OC(C)(C)C)C(=O)OC(C)(C)C)N=C(c1ccccc1)c1ccccc1. The summed E-state index contributed by atoms with van der Waals surface area (Å²) >= 11 is 0. The van der Waals surface area contributed by atoms with E-state index in [-0.39, 0.29) is 13.0 Å². The molecular formula is C30H38N2O7. The number of benzene rings is 2. The normalized spacial score (nSPS) is 12.3. The molecule has 2 aromatic carbocycles. The number of methoxy groups -OCH3 is 1. The third kappa shape index (κ3) is 11.4. The summed E-state index contributed by atoms with van der Waals surface area (Å²) in [6.07, 6.45) is 1.49. The molecule has 2 rings (SSSR count). The van der Waals surface area contributed by atoms with Crippen molar-refractivity contribution in [3.05, 3.63) is 83.9 Å². The predicted molar refractivity (Wildman–Crippen MR) is 148 cm³/mol. The van der Waals surface area contributed by atoms with Crippen molar-refractivity contribution >= 4 is 23.9 Å². The Labute approximate surface area is 230 Å². The first-order valence-corrected chi connectivity index (χ1v) is 12.6. The summed E-state index contributed by atoms with van der Waals surface area (Å²) in [5.41, 5.74) is 0.718. The second-order valence-corrected chi connectivity index (χ2v) is 10.6. The van der Waals surface area contributed by atoms with E-state index in [1.165, 1.54) is 7.11 Å². The van der Waals surface area contributed by atoms with Crippen molar-refractivity contribution in [1.29, 1.82) is 0 Å². The molecule has 0 spiro atoms. The molecule has 39 heavy (non-hydrogen) atoms. The van der Waals surface area contributed by atoms with Gasteiger partial charge < -0.3 is 14.2 Å². The van der Waals surface area contributed by atoms with Gasteiger partial charge in [0, 0.05) is 11.1 Å². The van der Waals surface area contributed by atoms with E-state index in [0.29, 0.717) is 5.71 Å². The summed E-state index contributed by atoms with van der Waals surface area (Å²) in [4.78, 5) is 47.4. The highest BCUT2D eigenvalue weighted by molar-refractivity contribution is 6.13. The van der Waals surface area contributed by atoms with Crippen molar-refractivity contribution in [2.24, 2.45) is 4.99 Å². The van der Waals surface area contributed by atoms with Gasteiger partial charge in [-0.1, -0.05) is 72.8 Å². The van der Waals surface area contributed by atoms with E-state index in [9.17, 15) is 14.4 Å². The highest BCUT2D eigenvalue weighted by Crippen LogP contribution is 2.16. The van der Waals surface area contributed by atoms with Crippen LogP contribution in [-0.2, 0) is 23.8 Å². The minimum atomic E-state index is -1.05. The van der Waals surface area contributed by atoms with Gasteiger partial charge in [-0.05, 0) is 48.0 Å². The summed E-state index contributed by atoms with van der Waals surface area (Å²) < 4.78 is 15.5. The van der Waals surface area contributed by atoms with E-state index in [4.69, 9.17) is 24.0 Å². The second kappa shape index (κ2) is 14.1. The lowest BCUT2D eigenvalue weighted by molar-refractivity contribution is -0.141. The third-order valence-electron chi connectivity index (χ3n) is 4.82. The number of carbonyl (C=O) groups is 3. The number of esters is 1. The summed E-state index contributed by atoms with van der Waals surface area (Å²) in [6, 6.07) is 18.2. The zero-order valence-corrected chi connectivity index (χ0v) is 23.7. The highest BCUT2D eigenvalue weighted by Gasteiger charge is 2.27. The summed E-state index contributed by atoms with van der Waals surface area (Å²) in [5.74, 6) is -0.516. The van der Waals surface area contributed by atoms with Crippen molar-refractivity contribution in [3.63, 3.8) is 0 Å². The molecule has 0 radical (unpaired) electrons. The van der Waals surface area contributed by atoms with Crippen molar-refractivity contribution < 1.29 is 33.4 Å². The van der Waals surface area contributed by atoms with Crippen LogP contribution in [0.15, 0.2) is 77.8 Å². The molecule has 0 heterocycles. The summed E-state index contributed by atoms with van der Waals surface area (Å²) in [6.45, 7) is 9.99. The van der Waals surface area contributed by atoms with Gasteiger partial charge in [0.1, 0.15) is 11.2 Å². The van der Waals surface area contributed by atoms with E-state index < -0.39 is 35.5 Å². The molecule has 0 aliphatic rings. The Bertz CT molecular complexity index is 1110. The average Bonchev–Trinajstić information content (AvgIpc) is 2.86. The van der Waals surface area contributed by atoms with E-state index >= 15 is 0 Å². The van der Waals surface area contributed by atoms with Crippen molar-refractivity contribution in [2.45, 2.75) is 65.2 Å². The number of hydrogen-bond acceptors (Lipinski definition) is 8. The monoisotopic (exact) mass is 538 g/mol. The Morgan fingerprint density at radius 3 is 1.79 bits per heavy atom. The fourth-order valence-electron chi connectivity index (χ4n) is 3.22. The van der Waals surface area contributed by atoms with Gasteiger partial charge in [-0.2, -0.15) is 0 Å². The lowest BCUT2D eigenvalue weighted by atomic mass is 10.0. The lowest BCUT2D eigenvalue weighted by Gasteiger charge is -2.26. The van der Waals surface area contributed by atoms with Gasteiger partial charge in [0.05, 0.1) is 19.4 Å². The molecule has 0 aliphatic heterocycles. The first kappa shape index (κ1) is 31.1. The smallest absolute Gasteiger partial charge is 0.467 e. The third-order valence-corrected chi connectivity index (χ3v) is 4.82. The van der Waals surface area contributed by atoms with Crippen LogP contribution in [0.5, 0.6) is 0 Å². The van der Waals surface area contributed by atoms with Gasteiger partial charge >= 0.3 is 18.2 Å². The van der Waals surface area contributed by atoms with Crippen LogP contribution >= 0.6 is 0 Å².